The van der Waals surface area contributed by atoms with Crippen LogP contribution in [0.3, 0.4) is 0 Å². The van der Waals surface area contributed by atoms with Gasteiger partial charge < -0.3 is 20.4 Å². The van der Waals surface area contributed by atoms with Gasteiger partial charge in [0.25, 0.3) is 0 Å². The van der Waals surface area contributed by atoms with E-state index in [-0.39, 0.29) is 6.04 Å². The van der Waals surface area contributed by atoms with Crippen molar-refractivity contribution in [1.82, 2.24) is 9.88 Å². The number of benzene rings is 1. The number of nitrogens with two attached hydrogens (primary N) is 1. The molecule has 1 aromatic heterocycles. The summed E-state index contributed by atoms with van der Waals surface area (Å²) in [5, 5.41) is 3.11. The van der Waals surface area contributed by atoms with E-state index in [4.69, 9.17) is 5.73 Å². The zero-order valence-corrected chi connectivity index (χ0v) is 15.7. The lowest BCUT2D eigenvalue weighted by molar-refractivity contribution is 0.380. The van der Waals surface area contributed by atoms with E-state index < -0.39 is 0 Å². The fourth-order valence-electron chi connectivity index (χ4n) is 2.86. The summed E-state index contributed by atoms with van der Waals surface area (Å²) in [6.45, 7) is 6.50. The highest BCUT2D eigenvalue weighted by Gasteiger charge is 2.20. The van der Waals surface area contributed by atoms with Crippen molar-refractivity contribution in [3.63, 3.8) is 0 Å². The number of nitrogens with zero attached hydrogens (tertiary/aromatic N) is 5. The number of piperazine rings is 1. The van der Waals surface area contributed by atoms with Gasteiger partial charge in [-0.2, -0.15) is 0 Å². The number of likely N-dealkylation sites (N-methyl/N-ethyl adjacent to an activating group) is 1. The van der Waals surface area contributed by atoms with Crippen LogP contribution in [0.1, 0.15) is 6.92 Å². The normalized spacial score (nSPS) is 16.8. The molecule has 6 nitrogen and oxygen atoms in total. The molecule has 1 atom stereocenters. The van der Waals surface area contributed by atoms with Crippen LogP contribution in [0.5, 0.6) is 0 Å². The number of aromatic nitrogens is 1. The Balaban J connectivity index is 1.50. The molecule has 0 saturated carbocycles. The molecule has 1 saturated heterocycles. The SMILES string of the molecule is CC(CN=C(N)N1CCN(c2nccs2)CC1)N(C)c1ccccc1. The maximum absolute atomic E-state index is 6.23. The first-order chi connectivity index (χ1) is 12.1. The predicted octanol–water partition coefficient (Wildman–Crippen LogP) is 2.10. The number of rotatable bonds is 5. The minimum Gasteiger partial charge on any atom is -0.370 e. The summed E-state index contributed by atoms with van der Waals surface area (Å²) in [7, 11) is 2.10. The van der Waals surface area contributed by atoms with Gasteiger partial charge in [0, 0.05) is 56.5 Å². The Morgan fingerprint density at radius 1 is 1.28 bits per heavy atom. The van der Waals surface area contributed by atoms with Crippen LogP contribution >= 0.6 is 11.3 Å². The van der Waals surface area contributed by atoms with Gasteiger partial charge in [-0.1, -0.05) is 18.2 Å². The summed E-state index contributed by atoms with van der Waals surface area (Å²) in [4.78, 5) is 15.7. The maximum atomic E-state index is 6.23. The van der Waals surface area contributed by atoms with Crippen molar-refractivity contribution in [3.8, 4) is 0 Å². The molecule has 134 valence electrons. The van der Waals surface area contributed by atoms with Crippen LogP contribution in [0.25, 0.3) is 0 Å². The molecule has 0 radical (unpaired) electrons. The van der Waals surface area contributed by atoms with E-state index in [1.165, 1.54) is 5.69 Å². The van der Waals surface area contributed by atoms with E-state index >= 15 is 0 Å². The Hall–Kier alpha value is -2.28. The first kappa shape index (κ1) is 17.5. The Morgan fingerprint density at radius 3 is 2.64 bits per heavy atom. The van der Waals surface area contributed by atoms with Crippen LogP contribution in [-0.4, -0.2) is 61.7 Å². The van der Waals surface area contributed by atoms with E-state index in [1.54, 1.807) is 11.3 Å². The summed E-state index contributed by atoms with van der Waals surface area (Å²) in [5.41, 5.74) is 7.42. The zero-order valence-electron chi connectivity index (χ0n) is 14.9. The minimum absolute atomic E-state index is 0.289. The van der Waals surface area contributed by atoms with E-state index in [0.717, 1.165) is 31.3 Å². The Labute approximate surface area is 153 Å². The molecule has 0 bridgehead atoms. The number of aliphatic imine (C=N–C) groups is 1. The topological polar surface area (TPSA) is 61.0 Å². The molecule has 1 aliphatic rings. The molecule has 25 heavy (non-hydrogen) atoms. The molecule has 2 heterocycles. The molecule has 1 unspecified atom stereocenters. The fourth-order valence-corrected chi connectivity index (χ4v) is 3.56. The second kappa shape index (κ2) is 8.20. The minimum atomic E-state index is 0.289. The van der Waals surface area contributed by atoms with Crippen LogP contribution in [-0.2, 0) is 0 Å². The number of hydrogen-bond donors (Lipinski definition) is 1. The molecule has 0 amide bonds. The molecule has 0 aliphatic carbocycles. The molecule has 7 heteroatoms. The van der Waals surface area contributed by atoms with Crippen molar-refractivity contribution in [1.29, 1.82) is 0 Å². The van der Waals surface area contributed by atoms with Gasteiger partial charge in [-0.05, 0) is 19.1 Å². The number of para-hydroxylation sites is 1. The average Bonchev–Trinajstić information content (AvgIpc) is 3.21. The van der Waals surface area contributed by atoms with Crippen molar-refractivity contribution >= 4 is 28.1 Å². The lowest BCUT2D eigenvalue weighted by atomic mass is 10.2. The summed E-state index contributed by atoms with van der Waals surface area (Å²) in [6.07, 6.45) is 1.85. The molecular formula is C18H26N6S. The number of guanidine groups is 1. The molecule has 2 N–H and O–H groups in total. The highest BCUT2D eigenvalue weighted by atomic mass is 32.1. The van der Waals surface area contributed by atoms with E-state index in [9.17, 15) is 0 Å². The smallest absolute Gasteiger partial charge is 0.191 e. The largest absolute Gasteiger partial charge is 0.370 e. The lowest BCUT2D eigenvalue weighted by Gasteiger charge is -2.35. The highest BCUT2D eigenvalue weighted by molar-refractivity contribution is 7.13. The quantitative estimate of drug-likeness (QED) is 0.655. The first-order valence-corrected chi connectivity index (χ1v) is 9.50. The molecule has 2 aromatic rings. The van der Waals surface area contributed by atoms with Crippen molar-refractivity contribution < 1.29 is 0 Å². The zero-order chi connectivity index (χ0) is 17.6. The second-order valence-electron chi connectivity index (χ2n) is 6.28. The van der Waals surface area contributed by atoms with Gasteiger partial charge in [0.15, 0.2) is 11.1 Å². The lowest BCUT2D eigenvalue weighted by Crippen LogP contribution is -2.51. The molecule has 1 aromatic carbocycles. The van der Waals surface area contributed by atoms with Crippen molar-refractivity contribution in [2.45, 2.75) is 13.0 Å². The van der Waals surface area contributed by atoms with Gasteiger partial charge in [0.05, 0.1) is 6.54 Å². The summed E-state index contributed by atoms with van der Waals surface area (Å²) < 4.78 is 0. The Kier molecular flexibility index (Phi) is 5.75. The monoisotopic (exact) mass is 358 g/mol. The van der Waals surface area contributed by atoms with E-state index in [2.05, 4.69) is 62.9 Å². The third kappa shape index (κ3) is 4.42. The summed E-state index contributed by atoms with van der Waals surface area (Å²) in [5.74, 6) is 0.645. The third-order valence-corrected chi connectivity index (χ3v) is 5.47. The van der Waals surface area contributed by atoms with Crippen LogP contribution in [0.2, 0.25) is 0 Å². The van der Waals surface area contributed by atoms with Crippen LogP contribution < -0.4 is 15.5 Å². The van der Waals surface area contributed by atoms with Gasteiger partial charge in [-0.15, -0.1) is 11.3 Å². The van der Waals surface area contributed by atoms with Crippen molar-refractivity contribution in [3.05, 3.63) is 41.9 Å². The summed E-state index contributed by atoms with van der Waals surface area (Å²) >= 11 is 1.68. The van der Waals surface area contributed by atoms with Gasteiger partial charge in [-0.3, -0.25) is 4.99 Å². The molecule has 3 rings (SSSR count). The fraction of sp³-hybridized carbons (Fsp3) is 0.444. The van der Waals surface area contributed by atoms with E-state index in [0.29, 0.717) is 12.5 Å². The van der Waals surface area contributed by atoms with Gasteiger partial charge in [0.1, 0.15) is 0 Å². The molecule has 0 spiro atoms. The van der Waals surface area contributed by atoms with E-state index in [1.807, 2.05) is 17.6 Å². The Bertz CT molecular complexity index is 664. The second-order valence-corrected chi connectivity index (χ2v) is 7.16. The number of anilines is 2. The third-order valence-electron chi connectivity index (χ3n) is 4.64. The van der Waals surface area contributed by atoms with Crippen molar-refractivity contribution in [2.24, 2.45) is 10.7 Å². The van der Waals surface area contributed by atoms with Crippen LogP contribution in [0, 0.1) is 0 Å². The van der Waals surface area contributed by atoms with Gasteiger partial charge in [-0.25, -0.2) is 4.98 Å². The Morgan fingerprint density at radius 2 is 2.00 bits per heavy atom. The maximum Gasteiger partial charge on any atom is 0.191 e. The van der Waals surface area contributed by atoms with Crippen LogP contribution in [0.4, 0.5) is 10.8 Å². The highest BCUT2D eigenvalue weighted by Crippen LogP contribution is 2.19. The van der Waals surface area contributed by atoms with Crippen LogP contribution in [0.15, 0.2) is 46.9 Å². The summed E-state index contributed by atoms with van der Waals surface area (Å²) in [6, 6.07) is 10.7. The predicted molar refractivity (Wildman–Crippen MR) is 107 cm³/mol. The van der Waals surface area contributed by atoms with Gasteiger partial charge in [0.2, 0.25) is 0 Å². The van der Waals surface area contributed by atoms with Crippen molar-refractivity contribution in [2.75, 3.05) is 49.6 Å². The average molecular weight is 359 g/mol. The number of thiazole rings is 1. The number of hydrogen-bond acceptors (Lipinski definition) is 5. The van der Waals surface area contributed by atoms with Gasteiger partial charge >= 0.3 is 0 Å². The first-order valence-electron chi connectivity index (χ1n) is 8.62. The molecule has 1 fully saturated rings. The standard InChI is InChI=1S/C18H26N6S/c1-15(22(2)16-6-4-3-5-7-16)14-21-17(19)23-9-11-24(12-10-23)18-20-8-13-25-18/h3-8,13,15H,9-12,14H2,1-2H3,(H2,19,21). The molecular weight excluding hydrogens is 332 g/mol. The molecule has 1 aliphatic heterocycles.